The van der Waals surface area contributed by atoms with Crippen LogP contribution in [0.5, 0.6) is 0 Å². The second-order valence-electron chi connectivity index (χ2n) is 10.8. The van der Waals surface area contributed by atoms with E-state index < -0.39 is 0 Å². The molecule has 41 heavy (non-hydrogen) atoms. The number of para-hydroxylation sites is 2. The fourth-order valence-corrected chi connectivity index (χ4v) is 6.91. The van der Waals surface area contributed by atoms with Gasteiger partial charge in [-0.15, -0.1) is 0 Å². The third kappa shape index (κ3) is 3.18. The molecule has 0 atom stereocenters. The highest BCUT2D eigenvalue weighted by Gasteiger charge is 2.21. The monoisotopic (exact) mass is 520 g/mol. The minimum absolute atomic E-state index is 0.920. The molecule has 0 fully saturated rings. The van der Waals surface area contributed by atoms with Gasteiger partial charge in [-0.05, 0) is 60.3 Å². The van der Waals surface area contributed by atoms with E-state index in [0.717, 1.165) is 27.5 Å². The first kappa shape index (κ1) is 22.4. The zero-order valence-corrected chi connectivity index (χ0v) is 22.3. The van der Waals surface area contributed by atoms with Crippen LogP contribution >= 0.6 is 0 Å². The molecule has 0 aliphatic rings. The van der Waals surface area contributed by atoms with Crippen molar-refractivity contribution in [1.29, 1.82) is 0 Å². The van der Waals surface area contributed by atoms with Crippen LogP contribution in [0.25, 0.3) is 87.3 Å². The molecule has 8 aromatic carbocycles. The standard InChI is InChI=1S/C40H24O/c1-2-12-26-25(11-1)23-24-28-27(26)18-9-19-30(28)38-31-14-3-5-16-33(31)39(34-17-6-4-15-32(34)38)36-21-10-20-35-29-13-7-8-22-37(29)41-40(35)36/h1-24H. The summed E-state index contributed by atoms with van der Waals surface area (Å²) in [6.45, 7) is 0. The molecular formula is C40H24O. The molecular weight excluding hydrogens is 496 g/mol. The normalized spacial score (nSPS) is 11.9. The van der Waals surface area contributed by atoms with Gasteiger partial charge in [0.15, 0.2) is 0 Å². The third-order valence-corrected chi connectivity index (χ3v) is 8.66. The van der Waals surface area contributed by atoms with Crippen molar-refractivity contribution in [2.75, 3.05) is 0 Å². The smallest absolute Gasteiger partial charge is 0.143 e. The van der Waals surface area contributed by atoms with Gasteiger partial charge < -0.3 is 4.42 Å². The molecule has 9 aromatic rings. The van der Waals surface area contributed by atoms with Gasteiger partial charge in [-0.25, -0.2) is 0 Å². The SMILES string of the molecule is c1ccc2c(c1)ccc1c(-c3c4ccccc4c(-c4cccc5c4oc4ccccc45)c4ccccc34)cccc12. The minimum Gasteiger partial charge on any atom is -0.455 e. The van der Waals surface area contributed by atoms with E-state index in [1.165, 1.54) is 59.8 Å². The Morgan fingerprint density at radius 1 is 0.293 bits per heavy atom. The predicted octanol–water partition coefficient (Wildman–Crippen LogP) is 11.5. The molecule has 0 N–H and O–H groups in total. The summed E-state index contributed by atoms with van der Waals surface area (Å²) in [5.41, 5.74) is 6.74. The molecule has 0 amide bonds. The van der Waals surface area contributed by atoms with Crippen molar-refractivity contribution in [3.63, 3.8) is 0 Å². The van der Waals surface area contributed by atoms with E-state index in [1.54, 1.807) is 0 Å². The molecule has 0 radical (unpaired) electrons. The quantitative estimate of drug-likeness (QED) is 0.163. The Morgan fingerprint density at radius 3 is 1.51 bits per heavy atom. The number of rotatable bonds is 2. The Kier molecular flexibility index (Phi) is 4.67. The van der Waals surface area contributed by atoms with Gasteiger partial charge >= 0.3 is 0 Å². The zero-order chi connectivity index (χ0) is 26.9. The molecule has 0 aliphatic carbocycles. The summed E-state index contributed by atoms with van der Waals surface area (Å²) in [6.07, 6.45) is 0. The summed E-state index contributed by atoms with van der Waals surface area (Å²) in [5, 5.41) is 12.4. The molecule has 190 valence electrons. The van der Waals surface area contributed by atoms with Crippen LogP contribution in [0.15, 0.2) is 150 Å². The predicted molar refractivity (Wildman–Crippen MR) is 175 cm³/mol. The minimum atomic E-state index is 0.920. The average Bonchev–Trinajstić information content (AvgIpc) is 3.42. The highest BCUT2D eigenvalue weighted by atomic mass is 16.3. The lowest BCUT2D eigenvalue weighted by molar-refractivity contribution is 0.670. The van der Waals surface area contributed by atoms with E-state index in [9.17, 15) is 0 Å². The van der Waals surface area contributed by atoms with Gasteiger partial charge in [0, 0.05) is 21.9 Å². The van der Waals surface area contributed by atoms with Gasteiger partial charge in [-0.1, -0.05) is 140 Å². The summed E-state index contributed by atoms with van der Waals surface area (Å²) < 4.78 is 6.55. The van der Waals surface area contributed by atoms with Crippen LogP contribution in [0.4, 0.5) is 0 Å². The van der Waals surface area contributed by atoms with E-state index in [2.05, 4.69) is 140 Å². The van der Waals surface area contributed by atoms with E-state index >= 15 is 0 Å². The van der Waals surface area contributed by atoms with Crippen molar-refractivity contribution >= 4 is 65.0 Å². The molecule has 1 heteroatoms. The maximum absolute atomic E-state index is 6.55. The van der Waals surface area contributed by atoms with Crippen molar-refractivity contribution in [1.82, 2.24) is 0 Å². The number of fused-ring (bicyclic) bond motifs is 8. The second-order valence-corrected chi connectivity index (χ2v) is 10.8. The van der Waals surface area contributed by atoms with Crippen LogP contribution in [0.3, 0.4) is 0 Å². The van der Waals surface area contributed by atoms with Crippen LogP contribution in [-0.4, -0.2) is 0 Å². The second kappa shape index (κ2) is 8.55. The highest BCUT2D eigenvalue weighted by molar-refractivity contribution is 6.26. The summed E-state index contributed by atoms with van der Waals surface area (Å²) in [6, 6.07) is 52.5. The van der Waals surface area contributed by atoms with E-state index in [0.29, 0.717) is 0 Å². The first-order chi connectivity index (χ1) is 20.4. The molecule has 1 nitrogen and oxygen atoms in total. The lowest BCUT2D eigenvalue weighted by Crippen LogP contribution is -1.92. The number of furan rings is 1. The van der Waals surface area contributed by atoms with Crippen LogP contribution in [-0.2, 0) is 0 Å². The molecule has 0 unspecified atom stereocenters. The zero-order valence-electron chi connectivity index (χ0n) is 22.3. The number of hydrogen-bond acceptors (Lipinski definition) is 1. The van der Waals surface area contributed by atoms with Crippen LogP contribution < -0.4 is 0 Å². The van der Waals surface area contributed by atoms with Gasteiger partial charge in [0.2, 0.25) is 0 Å². The van der Waals surface area contributed by atoms with Crippen molar-refractivity contribution in [3.8, 4) is 22.3 Å². The van der Waals surface area contributed by atoms with E-state index in [1.807, 2.05) is 6.07 Å². The van der Waals surface area contributed by atoms with Gasteiger partial charge in [0.1, 0.15) is 11.2 Å². The van der Waals surface area contributed by atoms with Gasteiger partial charge in [-0.3, -0.25) is 0 Å². The molecule has 0 bridgehead atoms. The third-order valence-electron chi connectivity index (χ3n) is 8.66. The van der Waals surface area contributed by atoms with Crippen molar-refractivity contribution < 1.29 is 4.42 Å². The average molecular weight is 521 g/mol. The molecule has 1 aromatic heterocycles. The summed E-state index contributed by atoms with van der Waals surface area (Å²) in [5.74, 6) is 0. The van der Waals surface area contributed by atoms with Crippen molar-refractivity contribution in [2.24, 2.45) is 0 Å². The Morgan fingerprint density at radius 2 is 0.805 bits per heavy atom. The van der Waals surface area contributed by atoms with Crippen molar-refractivity contribution in [2.45, 2.75) is 0 Å². The van der Waals surface area contributed by atoms with E-state index in [4.69, 9.17) is 4.42 Å². The lowest BCUT2D eigenvalue weighted by Gasteiger charge is -2.19. The molecule has 0 saturated heterocycles. The van der Waals surface area contributed by atoms with E-state index in [-0.39, 0.29) is 0 Å². The summed E-state index contributed by atoms with van der Waals surface area (Å²) in [4.78, 5) is 0. The maximum Gasteiger partial charge on any atom is 0.143 e. The Balaban J connectivity index is 1.45. The molecule has 0 spiro atoms. The molecule has 0 aliphatic heterocycles. The fraction of sp³-hybridized carbons (Fsp3) is 0. The Hall–Kier alpha value is -5.40. The summed E-state index contributed by atoms with van der Waals surface area (Å²) in [7, 11) is 0. The lowest BCUT2D eigenvalue weighted by atomic mass is 9.84. The van der Waals surface area contributed by atoms with Gasteiger partial charge in [0.25, 0.3) is 0 Å². The van der Waals surface area contributed by atoms with Gasteiger partial charge in [-0.2, -0.15) is 0 Å². The number of hydrogen-bond donors (Lipinski definition) is 0. The van der Waals surface area contributed by atoms with Crippen LogP contribution in [0.1, 0.15) is 0 Å². The Labute approximate surface area is 236 Å². The van der Waals surface area contributed by atoms with Crippen molar-refractivity contribution in [3.05, 3.63) is 146 Å². The first-order valence-corrected chi connectivity index (χ1v) is 14.1. The fourth-order valence-electron chi connectivity index (χ4n) is 6.91. The number of benzene rings is 8. The van der Waals surface area contributed by atoms with Crippen LogP contribution in [0.2, 0.25) is 0 Å². The summed E-state index contributed by atoms with van der Waals surface area (Å²) >= 11 is 0. The largest absolute Gasteiger partial charge is 0.455 e. The highest BCUT2D eigenvalue weighted by Crippen LogP contribution is 2.47. The maximum atomic E-state index is 6.55. The first-order valence-electron chi connectivity index (χ1n) is 14.1. The molecule has 1 heterocycles. The van der Waals surface area contributed by atoms with Crippen LogP contribution in [0, 0.1) is 0 Å². The molecule has 0 saturated carbocycles. The molecule has 9 rings (SSSR count). The topological polar surface area (TPSA) is 13.1 Å². The van der Waals surface area contributed by atoms with Gasteiger partial charge in [0.05, 0.1) is 0 Å². The Bertz CT molecular complexity index is 2420.